The second-order valence-corrected chi connectivity index (χ2v) is 10.6. The maximum absolute atomic E-state index is 13.9. The van der Waals surface area contributed by atoms with Gasteiger partial charge < -0.3 is 35.5 Å². The molecule has 14 heteroatoms. The lowest BCUT2D eigenvalue weighted by molar-refractivity contribution is -0.124. The van der Waals surface area contributed by atoms with E-state index < -0.39 is 42.8 Å². The number of morpholine rings is 1. The van der Waals surface area contributed by atoms with Crippen molar-refractivity contribution in [3.63, 3.8) is 0 Å². The molecule has 3 aromatic rings. The molecule has 0 aliphatic carbocycles. The van der Waals surface area contributed by atoms with Gasteiger partial charge in [-0.15, -0.1) is 0 Å². The number of hydrogen-bond donors (Lipinski definition) is 4. The Bertz CT molecular complexity index is 1380. The highest BCUT2D eigenvalue weighted by Crippen LogP contribution is 2.30. The number of anilines is 1. The fourth-order valence-electron chi connectivity index (χ4n) is 5.03. The highest BCUT2D eigenvalue weighted by Gasteiger charge is 2.33. The minimum absolute atomic E-state index is 0.148. The predicted molar refractivity (Wildman–Crippen MR) is 162 cm³/mol. The van der Waals surface area contributed by atoms with Crippen LogP contribution in [0.1, 0.15) is 29.0 Å². The van der Waals surface area contributed by atoms with Gasteiger partial charge in [0.1, 0.15) is 19.2 Å². The van der Waals surface area contributed by atoms with Gasteiger partial charge in [0.2, 0.25) is 5.91 Å². The van der Waals surface area contributed by atoms with Gasteiger partial charge in [0.15, 0.2) is 0 Å². The normalized spacial score (nSPS) is 17.1. The van der Waals surface area contributed by atoms with Crippen LogP contribution in [0.15, 0.2) is 79.1 Å². The maximum Gasteiger partial charge on any atom is 0.407 e. The molecule has 2 aromatic carbocycles. The zero-order valence-electron chi connectivity index (χ0n) is 25.1. The fraction of sp³-hybridized carbons (Fsp3) is 0.375. The topological polar surface area (TPSA) is 140 Å². The third kappa shape index (κ3) is 10.4. The first-order valence-corrected chi connectivity index (χ1v) is 14.6. The van der Waals surface area contributed by atoms with Gasteiger partial charge in [0.05, 0.1) is 37.7 Å². The molecule has 11 nitrogen and oxygen atoms in total. The maximum atomic E-state index is 13.9. The summed E-state index contributed by atoms with van der Waals surface area (Å²) >= 11 is 0. The van der Waals surface area contributed by atoms with Gasteiger partial charge in [-0.25, -0.2) is 9.59 Å². The van der Waals surface area contributed by atoms with E-state index in [1.807, 2.05) is 60.7 Å². The van der Waals surface area contributed by atoms with E-state index in [9.17, 15) is 27.6 Å². The van der Waals surface area contributed by atoms with Crippen LogP contribution in [0.4, 0.5) is 28.4 Å². The smallest absolute Gasteiger partial charge is 0.407 e. The molecule has 46 heavy (non-hydrogen) atoms. The predicted octanol–water partition coefficient (Wildman–Crippen LogP) is 4.15. The number of carbonyl (C=O) groups is 3. The van der Waals surface area contributed by atoms with Crippen LogP contribution < -0.4 is 21.3 Å². The van der Waals surface area contributed by atoms with Gasteiger partial charge in [0.25, 0.3) is 0 Å². The van der Waals surface area contributed by atoms with Crippen LogP contribution in [0.3, 0.4) is 0 Å². The summed E-state index contributed by atoms with van der Waals surface area (Å²) in [5, 5.41) is 10.5. The molecule has 4 N–H and O–H groups in total. The number of alkyl halides is 3. The number of halogens is 3. The average Bonchev–Trinajstić information content (AvgIpc) is 3.06. The lowest BCUT2D eigenvalue weighted by atomic mass is 9.84. The summed E-state index contributed by atoms with van der Waals surface area (Å²) in [5.41, 5.74) is 2.92. The van der Waals surface area contributed by atoms with Crippen molar-refractivity contribution < 1.29 is 41.8 Å². The highest BCUT2D eigenvalue weighted by molar-refractivity contribution is 5.98. The van der Waals surface area contributed by atoms with Crippen molar-refractivity contribution in [2.75, 3.05) is 38.7 Å². The van der Waals surface area contributed by atoms with E-state index in [1.54, 1.807) is 23.8 Å². The SMILES string of the molecule is COC(=O)NC(C(=O)Nc1cnccc1CC[C@@H]1CN[C@H](COC(=O)NCC(F)(F)F)CO1)C(c1ccccc1)c1ccccc1. The summed E-state index contributed by atoms with van der Waals surface area (Å²) < 4.78 is 52.3. The minimum atomic E-state index is -4.52. The number of rotatable bonds is 12. The zero-order chi connectivity index (χ0) is 32.9. The number of carbonyl (C=O) groups excluding carboxylic acids is 3. The number of hydrogen-bond acceptors (Lipinski definition) is 8. The molecule has 2 heterocycles. The van der Waals surface area contributed by atoms with Crippen molar-refractivity contribution in [2.45, 2.75) is 43.1 Å². The average molecular weight is 644 g/mol. The fourth-order valence-corrected chi connectivity index (χ4v) is 5.03. The Balaban J connectivity index is 1.38. The second-order valence-electron chi connectivity index (χ2n) is 10.6. The number of methoxy groups -OCH3 is 1. The van der Waals surface area contributed by atoms with E-state index in [-0.39, 0.29) is 25.4 Å². The van der Waals surface area contributed by atoms with Gasteiger partial charge in [-0.2, -0.15) is 13.2 Å². The van der Waals surface area contributed by atoms with Crippen LogP contribution in [-0.2, 0) is 25.4 Å². The van der Waals surface area contributed by atoms with Gasteiger partial charge in [-0.05, 0) is 35.6 Å². The number of amides is 3. The first kappa shape index (κ1) is 34.2. The van der Waals surface area contributed by atoms with Gasteiger partial charge >= 0.3 is 18.4 Å². The lowest BCUT2D eigenvalue weighted by Gasteiger charge is -2.30. The molecule has 1 aromatic heterocycles. The quantitative estimate of drug-likeness (QED) is 0.231. The van der Waals surface area contributed by atoms with E-state index in [0.717, 1.165) is 16.7 Å². The van der Waals surface area contributed by atoms with Gasteiger partial charge in [0, 0.05) is 18.7 Å². The first-order chi connectivity index (χ1) is 22.1. The Kier molecular flexibility index (Phi) is 12.3. The Morgan fingerprint density at radius 1 is 1.02 bits per heavy atom. The largest absolute Gasteiger partial charge is 0.453 e. The van der Waals surface area contributed by atoms with E-state index >= 15 is 0 Å². The van der Waals surface area contributed by atoms with Crippen molar-refractivity contribution in [1.82, 2.24) is 20.9 Å². The van der Waals surface area contributed by atoms with E-state index in [0.29, 0.717) is 25.1 Å². The summed E-state index contributed by atoms with van der Waals surface area (Å²) in [4.78, 5) is 42.0. The number of benzene rings is 2. The number of nitrogens with zero attached hydrogens (tertiary/aromatic N) is 1. The molecule has 1 aliphatic heterocycles. The molecule has 4 rings (SSSR count). The Morgan fingerprint density at radius 2 is 1.70 bits per heavy atom. The van der Waals surface area contributed by atoms with E-state index in [4.69, 9.17) is 14.2 Å². The summed E-state index contributed by atoms with van der Waals surface area (Å²) in [7, 11) is 1.23. The Morgan fingerprint density at radius 3 is 2.28 bits per heavy atom. The van der Waals surface area contributed by atoms with Crippen molar-refractivity contribution in [2.24, 2.45) is 0 Å². The van der Waals surface area contributed by atoms with Crippen LogP contribution in [0.5, 0.6) is 0 Å². The molecular weight excluding hydrogens is 607 g/mol. The zero-order valence-corrected chi connectivity index (χ0v) is 25.1. The highest BCUT2D eigenvalue weighted by atomic mass is 19.4. The molecule has 1 saturated heterocycles. The Labute approximate surface area is 264 Å². The monoisotopic (exact) mass is 643 g/mol. The van der Waals surface area contributed by atoms with Crippen LogP contribution in [0.2, 0.25) is 0 Å². The number of aryl methyl sites for hydroxylation is 1. The third-order valence-electron chi connectivity index (χ3n) is 7.31. The number of aromatic nitrogens is 1. The van der Waals surface area contributed by atoms with Crippen LogP contribution in [-0.4, -0.2) is 80.9 Å². The van der Waals surface area contributed by atoms with Crippen molar-refractivity contribution >= 4 is 23.8 Å². The summed E-state index contributed by atoms with van der Waals surface area (Å²) in [5.74, 6) is -0.994. The first-order valence-electron chi connectivity index (χ1n) is 14.6. The third-order valence-corrected chi connectivity index (χ3v) is 7.31. The molecule has 0 radical (unpaired) electrons. The molecular formula is C32H36F3N5O6. The minimum Gasteiger partial charge on any atom is -0.453 e. The standard InChI is InChI=1S/C32H36F3N5O6/c1-44-31(43)40-28(27(22-8-4-2-5-9-22)23-10-6-3-7-11-23)29(41)39-26-17-36-15-14-21(26)12-13-25-16-37-24(18-45-25)19-46-30(42)38-20-32(33,34)35/h2-11,14-15,17,24-25,27-28,37H,12-13,16,18-20H2,1H3,(H,38,42)(H,39,41)(H,40,43)/t24-,25+,28?/m0/s1. The number of nitrogens with one attached hydrogen (secondary N) is 4. The van der Waals surface area contributed by atoms with Crippen molar-refractivity contribution in [1.29, 1.82) is 0 Å². The van der Waals surface area contributed by atoms with E-state index in [1.165, 1.54) is 7.11 Å². The molecule has 0 spiro atoms. The number of pyridine rings is 1. The molecule has 1 fully saturated rings. The molecule has 3 amide bonds. The summed E-state index contributed by atoms with van der Waals surface area (Å²) in [6, 6.07) is 19.2. The van der Waals surface area contributed by atoms with Crippen LogP contribution in [0, 0.1) is 0 Å². The van der Waals surface area contributed by atoms with Gasteiger partial charge in [-0.3, -0.25) is 9.78 Å². The van der Waals surface area contributed by atoms with Crippen LogP contribution >= 0.6 is 0 Å². The number of ether oxygens (including phenoxy) is 3. The van der Waals surface area contributed by atoms with Crippen molar-refractivity contribution in [3.8, 4) is 0 Å². The molecule has 0 bridgehead atoms. The van der Waals surface area contributed by atoms with Crippen molar-refractivity contribution in [3.05, 3.63) is 95.8 Å². The lowest BCUT2D eigenvalue weighted by Crippen LogP contribution is -2.49. The number of alkyl carbamates (subject to hydrolysis) is 2. The molecule has 1 unspecified atom stereocenters. The summed E-state index contributed by atoms with van der Waals surface area (Å²) in [6.07, 6.45) is -2.40. The molecule has 1 aliphatic rings. The molecule has 246 valence electrons. The van der Waals surface area contributed by atoms with Gasteiger partial charge in [-0.1, -0.05) is 60.7 Å². The summed E-state index contributed by atoms with van der Waals surface area (Å²) in [6.45, 7) is -1.00. The molecule has 3 atom stereocenters. The Hall–Kier alpha value is -4.69. The van der Waals surface area contributed by atoms with E-state index in [2.05, 4.69) is 20.9 Å². The van der Waals surface area contributed by atoms with Crippen LogP contribution in [0.25, 0.3) is 0 Å². The second kappa shape index (κ2) is 16.6. The molecule has 0 saturated carbocycles.